The van der Waals surface area contributed by atoms with Gasteiger partial charge in [-0.05, 0) is 117 Å². The molecule has 0 spiro atoms. The molecule has 0 saturated heterocycles. The second kappa shape index (κ2) is 13.5. The SMILES string of the molecule is c1ccc(-c2cc(-c3ccccc3)c(-c3cccc(-c4c5ccccc5c(-c5cccc6ccccc56)c5ccccc45)c3)c(-c3ccccc3)c2)cc1. The molecule has 0 aromatic heterocycles. The Labute approximate surface area is 316 Å². The molecule has 10 rings (SSSR count). The van der Waals surface area contributed by atoms with Crippen LogP contribution in [0.15, 0.2) is 218 Å². The lowest BCUT2D eigenvalue weighted by molar-refractivity contribution is 1.54. The second-order valence-electron chi connectivity index (χ2n) is 14.0. The summed E-state index contributed by atoms with van der Waals surface area (Å²) in [5, 5.41) is 7.54. The zero-order valence-corrected chi connectivity index (χ0v) is 29.8. The van der Waals surface area contributed by atoms with Gasteiger partial charge in [-0.3, -0.25) is 0 Å². The Bertz CT molecular complexity index is 2830. The molecule has 0 unspecified atom stereocenters. The molecule has 252 valence electrons. The van der Waals surface area contributed by atoms with Gasteiger partial charge in [0.05, 0.1) is 0 Å². The summed E-state index contributed by atoms with van der Waals surface area (Å²) in [7, 11) is 0. The normalized spacial score (nSPS) is 11.3. The summed E-state index contributed by atoms with van der Waals surface area (Å²) in [6.07, 6.45) is 0. The van der Waals surface area contributed by atoms with Crippen molar-refractivity contribution in [2.75, 3.05) is 0 Å². The van der Waals surface area contributed by atoms with Crippen LogP contribution in [0.5, 0.6) is 0 Å². The van der Waals surface area contributed by atoms with Crippen molar-refractivity contribution in [2.24, 2.45) is 0 Å². The molecule has 0 heterocycles. The first kappa shape index (κ1) is 31.7. The fourth-order valence-corrected chi connectivity index (χ4v) is 8.44. The molecule has 0 fully saturated rings. The number of rotatable bonds is 6. The molecule has 54 heavy (non-hydrogen) atoms. The molecule has 0 saturated carbocycles. The van der Waals surface area contributed by atoms with E-state index in [1.54, 1.807) is 0 Å². The van der Waals surface area contributed by atoms with E-state index in [0.29, 0.717) is 0 Å². The highest BCUT2D eigenvalue weighted by Gasteiger charge is 2.21. The second-order valence-corrected chi connectivity index (χ2v) is 14.0. The maximum Gasteiger partial charge on any atom is -0.00201 e. The van der Waals surface area contributed by atoms with Gasteiger partial charge in [0.25, 0.3) is 0 Å². The molecule has 0 bridgehead atoms. The third kappa shape index (κ3) is 5.48. The molecular formula is C54H36. The Hall–Kier alpha value is -7.02. The van der Waals surface area contributed by atoms with E-state index in [9.17, 15) is 0 Å². The third-order valence-corrected chi connectivity index (χ3v) is 10.8. The third-order valence-electron chi connectivity index (χ3n) is 10.8. The predicted octanol–water partition coefficient (Wildman–Crippen LogP) is 15.1. The Morgan fingerprint density at radius 1 is 0.185 bits per heavy atom. The van der Waals surface area contributed by atoms with Gasteiger partial charge >= 0.3 is 0 Å². The standard InChI is InChI=1S/C54H36/c1-4-18-37(19-5-1)43-35-50(39-20-6-2-7-21-39)53(51(36-43)40-22-8-3-9-23-40)42-27-16-26-41(34-42)52-46-29-12-14-31-48(46)54(49-32-15-13-30-47(49)52)45-33-17-25-38-24-10-11-28-44(38)45/h1-36H. The van der Waals surface area contributed by atoms with Crippen molar-refractivity contribution in [1.29, 1.82) is 0 Å². The highest BCUT2D eigenvalue weighted by Crippen LogP contribution is 2.48. The van der Waals surface area contributed by atoms with Crippen molar-refractivity contribution in [2.45, 2.75) is 0 Å². The monoisotopic (exact) mass is 684 g/mol. The Kier molecular flexibility index (Phi) is 7.93. The first-order valence-electron chi connectivity index (χ1n) is 18.7. The minimum Gasteiger partial charge on any atom is -0.0622 e. The fraction of sp³-hybridized carbons (Fsp3) is 0. The summed E-state index contributed by atoms with van der Waals surface area (Å²) < 4.78 is 0. The van der Waals surface area contributed by atoms with Crippen molar-refractivity contribution in [3.63, 3.8) is 0 Å². The molecule has 0 aliphatic carbocycles. The van der Waals surface area contributed by atoms with E-state index >= 15 is 0 Å². The van der Waals surface area contributed by atoms with E-state index in [-0.39, 0.29) is 0 Å². The van der Waals surface area contributed by atoms with Gasteiger partial charge in [-0.25, -0.2) is 0 Å². The molecule has 0 amide bonds. The molecule has 0 N–H and O–H groups in total. The van der Waals surface area contributed by atoms with Gasteiger partial charge in [0, 0.05) is 0 Å². The first-order valence-corrected chi connectivity index (χ1v) is 18.7. The number of hydrogen-bond donors (Lipinski definition) is 0. The molecule has 0 aliphatic rings. The molecule has 0 heteroatoms. The van der Waals surface area contributed by atoms with Crippen molar-refractivity contribution < 1.29 is 0 Å². The zero-order valence-electron chi connectivity index (χ0n) is 29.8. The van der Waals surface area contributed by atoms with E-state index in [2.05, 4.69) is 218 Å². The minimum atomic E-state index is 1.19. The quantitative estimate of drug-likeness (QED) is 0.153. The Morgan fingerprint density at radius 2 is 0.574 bits per heavy atom. The van der Waals surface area contributed by atoms with Gasteiger partial charge in [-0.15, -0.1) is 0 Å². The Balaban J connectivity index is 1.26. The average Bonchev–Trinajstić information content (AvgIpc) is 3.26. The van der Waals surface area contributed by atoms with Crippen LogP contribution in [0.4, 0.5) is 0 Å². The van der Waals surface area contributed by atoms with Crippen molar-refractivity contribution in [1.82, 2.24) is 0 Å². The number of benzene rings is 10. The summed E-state index contributed by atoms with van der Waals surface area (Å²) in [4.78, 5) is 0. The van der Waals surface area contributed by atoms with Crippen LogP contribution >= 0.6 is 0 Å². The summed E-state index contributed by atoms with van der Waals surface area (Å²) >= 11 is 0. The maximum absolute atomic E-state index is 2.42. The predicted molar refractivity (Wildman–Crippen MR) is 232 cm³/mol. The minimum absolute atomic E-state index is 1.19. The highest BCUT2D eigenvalue weighted by molar-refractivity contribution is 6.23. The molecule has 10 aromatic carbocycles. The Morgan fingerprint density at radius 3 is 1.13 bits per heavy atom. The van der Waals surface area contributed by atoms with Crippen molar-refractivity contribution in [3.05, 3.63) is 218 Å². The number of fused-ring (bicyclic) bond motifs is 3. The molecule has 0 radical (unpaired) electrons. The van der Waals surface area contributed by atoms with Crippen LogP contribution in [0.25, 0.3) is 99.1 Å². The molecule has 10 aromatic rings. The highest BCUT2D eigenvalue weighted by atomic mass is 14.2. The smallest absolute Gasteiger partial charge is 0.00201 e. The van der Waals surface area contributed by atoms with E-state index in [4.69, 9.17) is 0 Å². The van der Waals surface area contributed by atoms with Gasteiger partial charge in [-0.1, -0.05) is 200 Å². The summed E-state index contributed by atoms with van der Waals surface area (Å²) in [5.41, 5.74) is 14.7. The van der Waals surface area contributed by atoms with E-state index in [1.807, 2.05) is 0 Å². The van der Waals surface area contributed by atoms with Gasteiger partial charge in [-0.2, -0.15) is 0 Å². The van der Waals surface area contributed by atoms with Crippen LogP contribution in [0.3, 0.4) is 0 Å². The number of hydrogen-bond acceptors (Lipinski definition) is 0. The molecular weight excluding hydrogens is 649 g/mol. The van der Waals surface area contributed by atoms with Crippen molar-refractivity contribution in [3.8, 4) is 66.8 Å². The summed E-state index contributed by atoms with van der Waals surface area (Å²) in [6.45, 7) is 0. The van der Waals surface area contributed by atoms with Gasteiger partial charge in [0.15, 0.2) is 0 Å². The van der Waals surface area contributed by atoms with Crippen LogP contribution in [-0.2, 0) is 0 Å². The molecule has 0 atom stereocenters. The topological polar surface area (TPSA) is 0 Å². The van der Waals surface area contributed by atoms with Crippen molar-refractivity contribution >= 4 is 32.3 Å². The van der Waals surface area contributed by atoms with Crippen LogP contribution in [0.2, 0.25) is 0 Å². The lowest BCUT2D eigenvalue weighted by Crippen LogP contribution is -1.94. The lowest BCUT2D eigenvalue weighted by atomic mass is 9.82. The summed E-state index contributed by atoms with van der Waals surface area (Å²) in [5.74, 6) is 0. The summed E-state index contributed by atoms with van der Waals surface area (Å²) in [6, 6.07) is 79.8. The van der Waals surface area contributed by atoms with E-state index in [0.717, 1.165) is 0 Å². The van der Waals surface area contributed by atoms with E-state index in [1.165, 1.54) is 99.1 Å². The van der Waals surface area contributed by atoms with Crippen LogP contribution < -0.4 is 0 Å². The van der Waals surface area contributed by atoms with Crippen LogP contribution in [-0.4, -0.2) is 0 Å². The average molecular weight is 685 g/mol. The van der Waals surface area contributed by atoms with Gasteiger partial charge in [0.2, 0.25) is 0 Å². The largest absolute Gasteiger partial charge is 0.0622 e. The first-order chi connectivity index (χ1) is 26.8. The van der Waals surface area contributed by atoms with Crippen LogP contribution in [0.1, 0.15) is 0 Å². The molecule has 0 aliphatic heterocycles. The van der Waals surface area contributed by atoms with E-state index < -0.39 is 0 Å². The van der Waals surface area contributed by atoms with Gasteiger partial charge in [0.1, 0.15) is 0 Å². The molecule has 0 nitrogen and oxygen atoms in total. The zero-order chi connectivity index (χ0) is 35.8. The van der Waals surface area contributed by atoms with Crippen LogP contribution in [0, 0.1) is 0 Å². The fourth-order valence-electron chi connectivity index (χ4n) is 8.44. The maximum atomic E-state index is 2.42. The lowest BCUT2D eigenvalue weighted by Gasteiger charge is -2.21. The van der Waals surface area contributed by atoms with Gasteiger partial charge < -0.3 is 0 Å².